The number of hydrogen-bond donors (Lipinski definition) is 0. The summed E-state index contributed by atoms with van der Waals surface area (Å²) in [7, 11) is 0. The van der Waals surface area contributed by atoms with Gasteiger partial charge in [-0.3, -0.25) is 4.79 Å². The Hall–Kier alpha value is -0.860. The van der Waals surface area contributed by atoms with Crippen LogP contribution in [0.5, 0.6) is 0 Å². The van der Waals surface area contributed by atoms with Crippen molar-refractivity contribution in [2.45, 2.75) is 39.5 Å². The summed E-state index contributed by atoms with van der Waals surface area (Å²) in [5.74, 6) is 0.388. The minimum Gasteiger partial charge on any atom is -0.303 e. The molecule has 1 aliphatic rings. The molecule has 3 heteroatoms. The minimum absolute atomic E-state index is 0. The lowest BCUT2D eigenvalue weighted by atomic mass is 9.97. The predicted molar refractivity (Wildman–Crippen MR) is 86.9 cm³/mol. The molecule has 0 aliphatic carbocycles. The SMILES string of the molecule is CCc1ccc(C(=O)[C@@H](C)CN2CCCCC2)cc1.Cl. The molecule has 2 nitrogen and oxygen atoms in total. The number of piperidine rings is 1. The summed E-state index contributed by atoms with van der Waals surface area (Å²) < 4.78 is 0. The van der Waals surface area contributed by atoms with Crippen molar-refractivity contribution >= 4 is 18.2 Å². The summed E-state index contributed by atoms with van der Waals surface area (Å²) in [5, 5.41) is 0. The van der Waals surface area contributed by atoms with Crippen LogP contribution in [0.2, 0.25) is 0 Å². The standard InChI is InChI=1S/C17H25NO.ClH/c1-3-15-7-9-16(10-8-15)17(19)14(2)13-18-11-5-4-6-12-18;/h7-10,14H,3-6,11-13H2,1-2H3;1H/t14-;/m0./s1. The second kappa shape index (κ2) is 8.43. The highest BCUT2D eigenvalue weighted by atomic mass is 35.5. The van der Waals surface area contributed by atoms with E-state index in [4.69, 9.17) is 0 Å². The minimum atomic E-state index is 0. The Morgan fingerprint density at radius 3 is 2.30 bits per heavy atom. The molecule has 0 amide bonds. The van der Waals surface area contributed by atoms with Gasteiger partial charge in [0.25, 0.3) is 0 Å². The van der Waals surface area contributed by atoms with E-state index in [0.717, 1.165) is 31.6 Å². The number of hydrogen-bond acceptors (Lipinski definition) is 2. The van der Waals surface area contributed by atoms with Gasteiger partial charge in [0.2, 0.25) is 0 Å². The molecule has 0 N–H and O–H groups in total. The van der Waals surface area contributed by atoms with Crippen molar-refractivity contribution in [1.82, 2.24) is 4.90 Å². The van der Waals surface area contributed by atoms with Gasteiger partial charge in [-0.15, -0.1) is 12.4 Å². The van der Waals surface area contributed by atoms with Crippen molar-refractivity contribution in [2.75, 3.05) is 19.6 Å². The number of carbonyl (C=O) groups is 1. The summed E-state index contributed by atoms with van der Waals surface area (Å²) in [4.78, 5) is 14.8. The summed E-state index contributed by atoms with van der Waals surface area (Å²) in [5.41, 5.74) is 2.15. The quantitative estimate of drug-likeness (QED) is 0.766. The number of ketones is 1. The van der Waals surface area contributed by atoms with E-state index < -0.39 is 0 Å². The van der Waals surface area contributed by atoms with Crippen molar-refractivity contribution in [2.24, 2.45) is 5.92 Å². The molecule has 1 atom stereocenters. The Morgan fingerprint density at radius 2 is 1.75 bits per heavy atom. The van der Waals surface area contributed by atoms with Crippen molar-refractivity contribution in [3.63, 3.8) is 0 Å². The van der Waals surface area contributed by atoms with E-state index in [1.165, 1.54) is 24.8 Å². The highest BCUT2D eigenvalue weighted by Crippen LogP contribution is 2.15. The first kappa shape index (κ1) is 17.2. The maximum absolute atomic E-state index is 12.4. The number of halogens is 1. The summed E-state index contributed by atoms with van der Waals surface area (Å²) in [6.45, 7) is 7.42. The smallest absolute Gasteiger partial charge is 0.166 e. The Morgan fingerprint density at radius 1 is 1.15 bits per heavy atom. The van der Waals surface area contributed by atoms with Gasteiger partial charge < -0.3 is 4.90 Å². The van der Waals surface area contributed by atoms with E-state index in [-0.39, 0.29) is 24.1 Å². The van der Waals surface area contributed by atoms with E-state index in [2.05, 4.69) is 30.9 Å². The highest BCUT2D eigenvalue weighted by molar-refractivity contribution is 5.97. The van der Waals surface area contributed by atoms with Gasteiger partial charge in [0.05, 0.1) is 0 Å². The Labute approximate surface area is 129 Å². The van der Waals surface area contributed by atoms with Crippen molar-refractivity contribution in [3.05, 3.63) is 35.4 Å². The number of nitrogens with zero attached hydrogens (tertiary/aromatic N) is 1. The van der Waals surface area contributed by atoms with Gasteiger partial charge in [-0.05, 0) is 37.9 Å². The zero-order valence-electron chi connectivity index (χ0n) is 12.6. The molecule has 1 aromatic rings. The monoisotopic (exact) mass is 295 g/mol. The molecular formula is C17H26ClNO. The van der Waals surface area contributed by atoms with Gasteiger partial charge in [-0.25, -0.2) is 0 Å². The van der Waals surface area contributed by atoms with Crippen LogP contribution < -0.4 is 0 Å². The van der Waals surface area contributed by atoms with Gasteiger partial charge in [0.1, 0.15) is 0 Å². The molecule has 0 radical (unpaired) electrons. The molecule has 0 aromatic heterocycles. The molecule has 1 heterocycles. The molecular weight excluding hydrogens is 270 g/mol. The van der Waals surface area contributed by atoms with E-state index in [9.17, 15) is 4.79 Å². The van der Waals surface area contributed by atoms with Gasteiger partial charge in [-0.2, -0.15) is 0 Å². The van der Waals surface area contributed by atoms with Crippen LogP contribution in [0.4, 0.5) is 0 Å². The average molecular weight is 296 g/mol. The third-order valence-corrected chi connectivity index (χ3v) is 4.08. The second-order valence-corrected chi connectivity index (χ2v) is 5.68. The maximum atomic E-state index is 12.4. The van der Waals surface area contributed by atoms with E-state index in [0.29, 0.717) is 0 Å². The fraction of sp³-hybridized carbons (Fsp3) is 0.588. The average Bonchev–Trinajstić information content (AvgIpc) is 2.47. The molecule has 20 heavy (non-hydrogen) atoms. The second-order valence-electron chi connectivity index (χ2n) is 5.68. The molecule has 0 spiro atoms. The molecule has 0 bridgehead atoms. The first-order valence-electron chi connectivity index (χ1n) is 7.56. The van der Waals surface area contributed by atoms with Crippen LogP contribution in [0.1, 0.15) is 49.0 Å². The Kier molecular flexibility index (Phi) is 7.25. The largest absolute Gasteiger partial charge is 0.303 e. The fourth-order valence-corrected chi connectivity index (χ4v) is 2.80. The van der Waals surface area contributed by atoms with Crippen LogP contribution in [0.25, 0.3) is 0 Å². The normalized spacial score (nSPS) is 17.3. The number of likely N-dealkylation sites (tertiary alicyclic amines) is 1. The molecule has 2 rings (SSSR count). The van der Waals surface area contributed by atoms with Gasteiger partial charge in [-0.1, -0.05) is 44.5 Å². The topological polar surface area (TPSA) is 20.3 Å². The number of carbonyl (C=O) groups excluding carboxylic acids is 1. The van der Waals surface area contributed by atoms with Crippen LogP contribution in [0.3, 0.4) is 0 Å². The maximum Gasteiger partial charge on any atom is 0.166 e. The van der Waals surface area contributed by atoms with Crippen molar-refractivity contribution < 1.29 is 4.79 Å². The number of aryl methyl sites for hydroxylation is 1. The first-order valence-corrected chi connectivity index (χ1v) is 7.56. The summed E-state index contributed by atoms with van der Waals surface area (Å²) in [6.07, 6.45) is 4.94. The Bertz CT molecular complexity index is 410. The molecule has 1 aliphatic heterocycles. The highest BCUT2D eigenvalue weighted by Gasteiger charge is 2.19. The van der Waals surface area contributed by atoms with Gasteiger partial charge in [0, 0.05) is 18.0 Å². The lowest BCUT2D eigenvalue weighted by Gasteiger charge is -2.28. The van der Waals surface area contributed by atoms with Crippen molar-refractivity contribution in [3.8, 4) is 0 Å². The summed E-state index contributed by atoms with van der Waals surface area (Å²) in [6, 6.07) is 8.10. The van der Waals surface area contributed by atoms with Crippen molar-refractivity contribution in [1.29, 1.82) is 0 Å². The number of rotatable bonds is 5. The third kappa shape index (κ3) is 4.60. The van der Waals surface area contributed by atoms with E-state index in [1.54, 1.807) is 0 Å². The molecule has 112 valence electrons. The van der Waals surface area contributed by atoms with Crippen LogP contribution >= 0.6 is 12.4 Å². The van der Waals surface area contributed by atoms with Crippen LogP contribution in [-0.2, 0) is 6.42 Å². The molecule has 1 fully saturated rings. The molecule has 0 unspecified atom stereocenters. The molecule has 0 saturated carbocycles. The summed E-state index contributed by atoms with van der Waals surface area (Å²) >= 11 is 0. The zero-order valence-corrected chi connectivity index (χ0v) is 13.4. The van der Waals surface area contributed by atoms with Crippen LogP contribution in [-0.4, -0.2) is 30.3 Å². The fourth-order valence-electron chi connectivity index (χ4n) is 2.80. The lowest BCUT2D eigenvalue weighted by molar-refractivity contribution is 0.0883. The number of benzene rings is 1. The van der Waals surface area contributed by atoms with Gasteiger partial charge >= 0.3 is 0 Å². The van der Waals surface area contributed by atoms with Crippen LogP contribution in [0.15, 0.2) is 24.3 Å². The van der Waals surface area contributed by atoms with Gasteiger partial charge in [0.15, 0.2) is 5.78 Å². The van der Waals surface area contributed by atoms with Crippen LogP contribution in [0, 0.1) is 5.92 Å². The Balaban J connectivity index is 0.00000200. The van der Waals surface area contributed by atoms with E-state index >= 15 is 0 Å². The third-order valence-electron chi connectivity index (χ3n) is 4.08. The molecule has 1 saturated heterocycles. The van der Waals surface area contributed by atoms with E-state index in [1.807, 2.05) is 12.1 Å². The predicted octanol–water partition coefficient (Wildman–Crippen LogP) is 3.98. The first-order chi connectivity index (χ1) is 9.20. The molecule has 1 aromatic carbocycles. The number of Topliss-reactive ketones (excluding diaryl/α,β-unsaturated/α-hetero) is 1. The lowest BCUT2D eigenvalue weighted by Crippen LogP contribution is -2.35. The zero-order chi connectivity index (χ0) is 13.7.